The number of pyridine rings is 1. The van der Waals surface area contributed by atoms with Gasteiger partial charge >= 0.3 is 6.09 Å². The zero-order valence-corrected chi connectivity index (χ0v) is 20.6. The fourth-order valence-electron chi connectivity index (χ4n) is 3.02. The van der Waals surface area contributed by atoms with Crippen LogP contribution in [0.15, 0.2) is 35.1 Å². The van der Waals surface area contributed by atoms with E-state index in [1.54, 1.807) is 26.0 Å². The zero-order chi connectivity index (χ0) is 24.4. The zero-order valence-electron chi connectivity index (χ0n) is 17.5. The minimum atomic E-state index is -1.42. The Kier molecular flexibility index (Phi) is 7.25. The van der Waals surface area contributed by atoms with E-state index in [4.69, 9.17) is 28.3 Å². The molecule has 1 aromatic carbocycles. The second-order valence-corrected chi connectivity index (χ2v) is 8.54. The summed E-state index contributed by atoms with van der Waals surface area (Å²) < 4.78 is 1.70. The van der Waals surface area contributed by atoms with E-state index in [2.05, 4.69) is 31.3 Å². The molecule has 10 nitrogen and oxygen atoms in total. The maximum Gasteiger partial charge on any atom is 0.423 e. The van der Waals surface area contributed by atoms with Crippen LogP contribution in [0.4, 0.5) is 10.5 Å². The number of carbonyl (C=O) groups is 3. The van der Waals surface area contributed by atoms with Crippen molar-refractivity contribution >= 4 is 62.7 Å². The van der Waals surface area contributed by atoms with Crippen LogP contribution in [0, 0.1) is 13.8 Å². The lowest BCUT2D eigenvalue weighted by atomic mass is 10.1. The number of carbonyl (C=O) groups excluding carboxylic acids is 2. The third kappa shape index (κ3) is 5.27. The normalized spacial score (nSPS) is 10.6. The second kappa shape index (κ2) is 9.77. The molecule has 0 radical (unpaired) electrons. The van der Waals surface area contributed by atoms with Crippen LogP contribution in [0.1, 0.15) is 32.0 Å². The van der Waals surface area contributed by atoms with Crippen molar-refractivity contribution in [3.63, 3.8) is 0 Å². The first-order valence-electron chi connectivity index (χ1n) is 9.25. The molecule has 0 saturated heterocycles. The molecule has 0 unspecified atom stereocenters. The van der Waals surface area contributed by atoms with Crippen LogP contribution >= 0.6 is 39.1 Å². The Morgan fingerprint density at radius 1 is 1.18 bits per heavy atom. The number of benzene rings is 1. The highest BCUT2D eigenvalue weighted by molar-refractivity contribution is 9.10. The number of hydrazine groups is 1. The molecule has 0 aliphatic carbocycles. The van der Waals surface area contributed by atoms with Crippen LogP contribution in [0.3, 0.4) is 0 Å². The molecule has 172 valence electrons. The fourth-order valence-corrected chi connectivity index (χ4v) is 3.81. The van der Waals surface area contributed by atoms with E-state index in [0.717, 1.165) is 5.01 Å². The summed E-state index contributed by atoms with van der Waals surface area (Å²) in [5, 5.41) is 17.4. The standard InChI is InChI=1S/C20H17BrCl2N6O4/c1-9-6-11(22)7-12(19(31)28(3)27-20(32)33)16(9)25-18(30)14-8-15(21)26-29(14)17-10(2)13(23)4-5-24-17/h4-8,27H,1-3H3,(H,25,30)(H,32,33). The fraction of sp³-hybridized carbons (Fsp3) is 0.150. The molecule has 3 rings (SSSR count). The van der Waals surface area contributed by atoms with Gasteiger partial charge in [-0.2, -0.15) is 5.10 Å². The van der Waals surface area contributed by atoms with E-state index in [1.807, 2.05) is 5.43 Å². The molecule has 3 N–H and O–H groups in total. The first kappa shape index (κ1) is 24.5. The van der Waals surface area contributed by atoms with Crippen LogP contribution in [0.2, 0.25) is 10.0 Å². The van der Waals surface area contributed by atoms with Crippen LogP contribution in [-0.2, 0) is 0 Å². The van der Waals surface area contributed by atoms with Gasteiger partial charge in [0, 0.05) is 34.9 Å². The van der Waals surface area contributed by atoms with Crippen molar-refractivity contribution in [2.45, 2.75) is 13.8 Å². The number of halogens is 3. The van der Waals surface area contributed by atoms with Gasteiger partial charge < -0.3 is 10.4 Å². The van der Waals surface area contributed by atoms with Gasteiger partial charge in [0.2, 0.25) is 0 Å². The van der Waals surface area contributed by atoms with E-state index >= 15 is 0 Å². The van der Waals surface area contributed by atoms with Crippen LogP contribution in [0.5, 0.6) is 0 Å². The van der Waals surface area contributed by atoms with Gasteiger partial charge in [-0.3, -0.25) is 14.6 Å². The van der Waals surface area contributed by atoms with Gasteiger partial charge in [-0.05, 0) is 53.5 Å². The Bertz CT molecular complexity index is 1280. The Morgan fingerprint density at radius 3 is 2.55 bits per heavy atom. The first-order chi connectivity index (χ1) is 15.5. The van der Waals surface area contributed by atoms with Crippen LogP contribution in [-0.4, -0.2) is 49.8 Å². The lowest BCUT2D eigenvalue weighted by molar-refractivity contribution is 0.0706. The van der Waals surface area contributed by atoms with E-state index in [9.17, 15) is 14.4 Å². The summed E-state index contributed by atoms with van der Waals surface area (Å²) in [5.74, 6) is -0.962. The average molecular weight is 556 g/mol. The molecule has 0 saturated carbocycles. The molecule has 0 spiro atoms. The highest BCUT2D eigenvalue weighted by atomic mass is 79.9. The molecular formula is C20H17BrCl2N6O4. The second-order valence-electron chi connectivity index (χ2n) is 6.89. The highest BCUT2D eigenvalue weighted by Gasteiger charge is 2.24. The van der Waals surface area contributed by atoms with Gasteiger partial charge in [0.25, 0.3) is 11.8 Å². The van der Waals surface area contributed by atoms with Gasteiger partial charge in [-0.15, -0.1) is 0 Å². The van der Waals surface area contributed by atoms with Crippen molar-refractivity contribution in [2.75, 3.05) is 12.4 Å². The number of hydrogen-bond acceptors (Lipinski definition) is 5. The summed E-state index contributed by atoms with van der Waals surface area (Å²) in [6, 6.07) is 6.01. The van der Waals surface area contributed by atoms with Crippen LogP contribution < -0.4 is 10.7 Å². The minimum absolute atomic E-state index is 0.00760. The number of amides is 3. The van der Waals surface area contributed by atoms with Gasteiger partial charge in [0.15, 0.2) is 5.82 Å². The van der Waals surface area contributed by atoms with Gasteiger partial charge in [0.1, 0.15) is 10.3 Å². The molecule has 0 aliphatic heterocycles. The number of hydrogen-bond donors (Lipinski definition) is 3. The molecule has 0 fully saturated rings. The molecule has 3 amide bonds. The largest absolute Gasteiger partial charge is 0.464 e. The first-order valence-corrected chi connectivity index (χ1v) is 10.8. The van der Waals surface area contributed by atoms with Crippen molar-refractivity contribution in [2.24, 2.45) is 0 Å². The maximum atomic E-state index is 13.3. The van der Waals surface area contributed by atoms with Crippen molar-refractivity contribution in [1.82, 2.24) is 25.2 Å². The summed E-state index contributed by atoms with van der Waals surface area (Å²) in [4.78, 5) is 41.3. The Balaban J connectivity index is 2.04. The topological polar surface area (TPSA) is 129 Å². The predicted octanol–water partition coefficient (Wildman–Crippen LogP) is 4.46. The molecule has 33 heavy (non-hydrogen) atoms. The summed E-state index contributed by atoms with van der Waals surface area (Å²) >= 11 is 15.6. The predicted molar refractivity (Wildman–Crippen MR) is 126 cm³/mol. The molecule has 3 aromatic rings. The van der Waals surface area contributed by atoms with Crippen LogP contribution in [0.25, 0.3) is 5.82 Å². The van der Waals surface area contributed by atoms with Gasteiger partial charge in [-0.25, -0.2) is 19.9 Å². The molecule has 0 bridgehead atoms. The van der Waals surface area contributed by atoms with Crippen molar-refractivity contribution in [1.29, 1.82) is 0 Å². The summed E-state index contributed by atoms with van der Waals surface area (Å²) in [6.07, 6.45) is 0.0705. The molecule has 0 atom stereocenters. The van der Waals surface area contributed by atoms with Crippen molar-refractivity contribution in [3.8, 4) is 5.82 Å². The number of aromatic nitrogens is 3. The number of carboxylic acid groups (broad SMARTS) is 1. The van der Waals surface area contributed by atoms with Crippen molar-refractivity contribution < 1.29 is 19.5 Å². The summed E-state index contributed by atoms with van der Waals surface area (Å²) in [7, 11) is 1.23. The molecule has 2 heterocycles. The number of rotatable bonds is 4. The quantitative estimate of drug-likeness (QED) is 0.407. The summed E-state index contributed by atoms with van der Waals surface area (Å²) in [6.45, 7) is 3.39. The van der Waals surface area contributed by atoms with E-state index in [-0.39, 0.29) is 22.0 Å². The number of anilines is 1. The van der Waals surface area contributed by atoms with E-state index in [1.165, 1.54) is 30.1 Å². The molecular weight excluding hydrogens is 539 g/mol. The minimum Gasteiger partial charge on any atom is -0.464 e. The highest BCUT2D eigenvalue weighted by Crippen LogP contribution is 2.28. The number of nitrogens with one attached hydrogen (secondary N) is 2. The van der Waals surface area contributed by atoms with Crippen molar-refractivity contribution in [3.05, 3.63) is 67.5 Å². The lowest BCUT2D eigenvalue weighted by Gasteiger charge is -2.20. The third-order valence-corrected chi connectivity index (χ3v) is 5.58. The SMILES string of the molecule is Cc1cc(Cl)cc(C(=O)N(C)NC(=O)O)c1NC(=O)c1cc(Br)nn1-c1nccc(Cl)c1C. The smallest absolute Gasteiger partial charge is 0.423 e. The molecule has 2 aromatic heterocycles. The third-order valence-electron chi connectivity index (χ3n) is 4.56. The number of aryl methyl sites for hydroxylation is 1. The van der Waals surface area contributed by atoms with Gasteiger partial charge in [0.05, 0.1) is 11.3 Å². The number of nitrogens with zero attached hydrogens (tertiary/aromatic N) is 4. The monoisotopic (exact) mass is 554 g/mol. The Labute approximate surface area is 206 Å². The molecule has 13 heteroatoms. The molecule has 0 aliphatic rings. The van der Waals surface area contributed by atoms with E-state index < -0.39 is 17.9 Å². The average Bonchev–Trinajstić information content (AvgIpc) is 3.12. The maximum absolute atomic E-state index is 13.3. The Morgan fingerprint density at radius 2 is 1.88 bits per heavy atom. The lowest BCUT2D eigenvalue weighted by Crippen LogP contribution is -2.42. The Hall–Kier alpha value is -3.15. The van der Waals surface area contributed by atoms with E-state index in [0.29, 0.717) is 26.6 Å². The summed E-state index contributed by atoms with van der Waals surface area (Å²) in [5.41, 5.74) is 3.31. The van der Waals surface area contributed by atoms with Gasteiger partial charge in [-0.1, -0.05) is 23.2 Å².